The summed E-state index contributed by atoms with van der Waals surface area (Å²) in [4.78, 5) is 4.59. The van der Waals surface area contributed by atoms with Crippen LogP contribution in [-0.4, -0.2) is 20.6 Å². The summed E-state index contributed by atoms with van der Waals surface area (Å²) >= 11 is 1.98. The van der Waals surface area contributed by atoms with Crippen LogP contribution >= 0.6 is 11.8 Å². The van der Waals surface area contributed by atoms with Gasteiger partial charge in [-0.05, 0) is 44.2 Å². The Morgan fingerprint density at radius 2 is 2.24 bits per heavy atom. The zero-order chi connectivity index (χ0) is 12.0. The summed E-state index contributed by atoms with van der Waals surface area (Å²) in [5, 5.41) is 0. The average Bonchev–Trinajstić information content (AvgIpc) is 3.01. The molecule has 2 aromatic rings. The number of aryl methyl sites for hydroxylation is 1. The van der Waals surface area contributed by atoms with E-state index in [0.717, 1.165) is 23.6 Å². The van der Waals surface area contributed by atoms with Crippen molar-refractivity contribution in [1.29, 1.82) is 0 Å². The first-order chi connectivity index (χ1) is 8.13. The van der Waals surface area contributed by atoms with Crippen molar-refractivity contribution in [2.24, 2.45) is 0 Å². The van der Waals surface area contributed by atoms with Crippen molar-refractivity contribution < 1.29 is 0 Å². The van der Waals surface area contributed by atoms with E-state index in [1.165, 1.54) is 18.4 Å². The standard InChI is InChI=1S/C13H17N3S/c1-9-15-11-7-10(14)3-4-12(11)16(9)8-13(17-2)5-6-13/h3-4,7H,5-6,8,14H2,1-2H3. The van der Waals surface area contributed by atoms with Gasteiger partial charge in [0, 0.05) is 17.0 Å². The first kappa shape index (κ1) is 11.0. The number of rotatable bonds is 3. The molecule has 1 aliphatic carbocycles. The van der Waals surface area contributed by atoms with Gasteiger partial charge in [0.1, 0.15) is 5.82 Å². The third-order valence-corrected chi connectivity index (χ3v) is 5.05. The van der Waals surface area contributed by atoms with Crippen LogP contribution in [0.5, 0.6) is 0 Å². The number of hydrogen-bond acceptors (Lipinski definition) is 3. The highest BCUT2D eigenvalue weighted by atomic mass is 32.2. The van der Waals surface area contributed by atoms with Gasteiger partial charge >= 0.3 is 0 Å². The Hall–Kier alpha value is -1.16. The molecule has 4 heteroatoms. The first-order valence-electron chi connectivity index (χ1n) is 5.91. The molecule has 1 fully saturated rings. The smallest absolute Gasteiger partial charge is 0.106 e. The summed E-state index contributed by atoms with van der Waals surface area (Å²) in [6, 6.07) is 6.00. The Kier molecular flexibility index (Phi) is 2.36. The maximum absolute atomic E-state index is 5.80. The second kappa shape index (κ2) is 3.67. The summed E-state index contributed by atoms with van der Waals surface area (Å²) in [5.41, 5.74) is 8.80. The molecule has 1 aromatic carbocycles. The minimum atomic E-state index is 0.458. The number of thioether (sulfide) groups is 1. The molecule has 17 heavy (non-hydrogen) atoms. The maximum atomic E-state index is 5.80. The highest BCUT2D eigenvalue weighted by molar-refractivity contribution is 8.00. The SMILES string of the molecule is CSC1(Cn2c(C)nc3cc(N)ccc32)CC1. The van der Waals surface area contributed by atoms with Gasteiger partial charge in [-0.25, -0.2) is 4.98 Å². The fourth-order valence-corrected chi connectivity index (χ4v) is 3.09. The van der Waals surface area contributed by atoms with E-state index >= 15 is 0 Å². The van der Waals surface area contributed by atoms with Gasteiger partial charge in [0.15, 0.2) is 0 Å². The summed E-state index contributed by atoms with van der Waals surface area (Å²) in [6.45, 7) is 3.15. The van der Waals surface area contributed by atoms with Crippen molar-refractivity contribution in [3.63, 3.8) is 0 Å². The number of nitrogens with two attached hydrogens (primary N) is 1. The van der Waals surface area contributed by atoms with Gasteiger partial charge in [-0.2, -0.15) is 11.8 Å². The van der Waals surface area contributed by atoms with Crippen LogP contribution in [0.2, 0.25) is 0 Å². The molecule has 0 unspecified atom stereocenters. The van der Waals surface area contributed by atoms with Gasteiger partial charge in [-0.15, -0.1) is 0 Å². The Balaban J connectivity index is 2.06. The van der Waals surface area contributed by atoms with Gasteiger partial charge < -0.3 is 10.3 Å². The van der Waals surface area contributed by atoms with Crippen LogP contribution < -0.4 is 5.73 Å². The number of hydrogen-bond donors (Lipinski definition) is 1. The highest BCUT2D eigenvalue weighted by Gasteiger charge is 2.42. The molecule has 0 spiro atoms. The minimum absolute atomic E-state index is 0.458. The molecule has 0 saturated heterocycles. The lowest BCUT2D eigenvalue weighted by atomic mass is 10.2. The molecule has 0 atom stereocenters. The van der Waals surface area contributed by atoms with Crippen molar-refractivity contribution in [2.75, 3.05) is 12.0 Å². The van der Waals surface area contributed by atoms with E-state index in [1.807, 2.05) is 23.9 Å². The van der Waals surface area contributed by atoms with Crippen molar-refractivity contribution in [1.82, 2.24) is 9.55 Å². The number of nitrogens with zero attached hydrogens (tertiary/aromatic N) is 2. The summed E-state index contributed by atoms with van der Waals surface area (Å²) < 4.78 is 2.79. The molecule has 0 aliphatic heterocycles. The number of aromatic nitrogens is 2. The Morgan fingerprint density at radius 3 is 2.88 bits per heavy atom. The number of benzene rings is 1. The Labute approximate surface area is 105 Å². The van der Waals surface area contributed by atoms with E-state index in [-0.39, 0.29) is 0 Å². The van der Waals surface area contributed by atoms with Crippen molar-refractivity contribution in [3.05, 3.63) is 24.0 Å². The van der Waals surface area contributed by atoms with Crippen LogP contribution in [0.4, 0.5) is 5.69 Å². The van der Waals surface area contributed by atoms with Gasteiger partial charge in [-0.3, -0.25) is 0 Å². The van der Waals surface area contributed by atoms with E-state index < -0.39 is 0 Å². The van der Waals surface area contributed by atoms with Crippen LogP contribution in [0.3, 0.4) is 0 Å². The second-order valence-corrected chi connectivity index (χ2v) is 6.15. The molecule has 0 radical (unpaired) electrons. The molecular formula is C13H17N3S. The molecular weight excluding hydrogens is 230 g/mol. The lowest BCUT2D eigenvalue weighted by Crippen LogP contribution is -2.14. The molecule has 3 rings (SSSR count). The van der Waals surface area contributed by atoms with Gasteiger partial charge in [0.05, 0.1) is 11.0 Å². The Bertz CT molecular complexity index is 569. The quantitative estimate of drug-likeness (QED) is 0.848. The molecule has 1 saturated carbocycles. The summed E-state index contributed by atoms with van der Waals surface area (Å²) in [7, 11) is 0. The van der Waals surface area contributed by atoms with Crippen LogP contribution in [0.1, 0.15) is 18.7 Å². The van der Waals surface area contributed by atoms with E-state index in [9.17, 15) is 0 Å². The number of anilines is 1. The van der Waals surface area contributed by atoms with E-state index in [1.54, 1.807) is 0 Å². The lowest BCUT2D eigenvalue weighted by molar-refractivity contribution is 0.658. The van der Waals surface area contributed by atoms with Gasteiger partial charge in [0.2, 0.25) is 0 Å². The Morgan fingerprint density at radius 1 is 1.47 bits per heavy atom. The molecule has 90 valence electrons. The largest absolute Gasteiger partial charge is 0.399 e. The lowest BCUT2D eigenvalue weighted by Gasteiger charge is -2.15. The zero-order valence-corrected chi connectivity index (χ0v) is 11.0. The predicted octanol–water partition coefficient (Wildman–Crippen LogP) is 2.82. The third kappa shape index (κ3) is 1.80. The van der Waals surface area contributed by atoms with Crippen LogP contribution in [0.15, 0.2) is 18.2 Å². The first-order valence-corrected chi connectivity index (χ1v) is 7.14. The van der Waals surface area contributed by atoms with E-state index in [0.29, 0.717) is 4.75 Å². The molecule has 1 aliphatic rings. The predicted molar refractivity (Wildman–Crippen MR) is 74.4 cm³/mol. The van der Waals surface area contributed by atoms with Crippen molar-refractivity contribution in [3.8, 4) is 0 Å². The van der Waals surface area contributed by atoms with Crippen LogP contribution in [-0.2, 0) is 6.54 Å². The summed E-state index contributed by atoms with van der Waals surface area (Å²) in [6.07, 6.45) is 4.85. The highest BCUT2D eigenvalue weighted by Crippen LogP contribution is 2.49. The number of fused-ring (bicyclic) bond motifs is 1. The average molecular weight is 247 g/mol. The fourth-order valence-electron chi connectivity index (χ4n) is 2.32. The number of nitrogen functional groups attached to an aromatic ring is 1. The number of imidazole rings is 1. The van der Waals surface area contributed by atoms with Gasteiger partial charge in [-0.1, -0.05) is 0 Å². The molecule has 2 N–H and O–H groups in total. The minimum Gasteiger partial charge on any atom is -0.399 e. The van der Waals surface area contributed by atoms with Gasteiger partial charge in [0.25, 0.3) is 0 Å². The topological polar surface area (TPSA) is 43.8 Å². The fraction of sp³-hybridized carbons (Fsp3) is 0.462. The van der Waals surface area contributed by atoms with E-state index in [4.69, 9.17) is 5.73 Å². The molecule has 0 bridgehead atoms. The molecule has 3 nitrogen and oxygen atoms in total. The molecule has 1 aromatic heterocycles. The normalized spacial score (nSPS) is 17.5. The second-order valence-electron chi connectivity index (χ2n) is 4.88. The van der Waals surface area contributed by atoms with Crippen LogP contribution in [0, 0.1) is 6.92 Å². The molecule has 1 heterocycles. The monoisotopic (exact) mass is 247 g/mol. The summed E-state index contributed by atoms with van der Waals surface area (Å²) in [5.74, 6) is 1.09. The van der Waals surface area contributed by atoms with Crippen LogP contribution in [0.25, 0.3) is 11.0 Å². The maximum Gasteiger partial charge on any atom is 0.106 e. The van der Waals surface area contributed by atoms with Crippen molar-refractivity contribution in [2.45, 2.75) is 31.1 Å². The zero-order valence-electron chi connectivity index (χ0n) is 10.2. The van der Waals surface area contributed by atoms with Crippen molar-refractivity contribution >= 4 is 28.5 Å². The third-order valence-electron chi connectivity index (χ3n) is 3.65. The van der Waals surface area contributed by atoms with E-state index in [2.05, 4.69) is 28.8 Å². The molecule has 0 amide bonds.